The molecule has 2 aromatic carbocycles. The highest BCUT2D eigenvalue weighted by molar-refractivity contribution is 5.37. The zero-order chi connectivity index (χ0) is 13.9. The zero-order valence-electron chi connectivity index (χ0n) is 11.9. The van der Waals surface area contributed by atoms with Crippen molar-refractivity contribution in [3.05, 3.63) is 65.2 Å². The van der Waals surface area contributed by atoms with E-state index >= 15 is 0 Å². The fraction of sp³-hybridized carbons (Fsp3) is 0.333. The molecule has 2 aromatic rings. The highest BCUT2D eigenvalue weighted by Gasteiger charge is 2.24. The molecule has 0 aromatic heterocycles. The third-order valence-corrected chi connectivity index (χ3v) is 4.23. The van der Waals surface area contributed by atoms with Crippen LogP contribution in [0, 0.1) is 0 Å². The molecule has 1 heterocycles. The Labute approximate surface area is 120 Å². The number of aromatic hydroxyl groups is 1. The molecule has 0 unspecified atom stereocenters. The van der Waals surface area contributed by atoms with Gasteiger partial charge in [-0.1, -0.05) is 43.3 Å². The van der Waals surface area contributed by atoms with Crippen molar-refractivity contribution in [1.29, 1.82) is 0 Å². The predicted molar refractivity (Wildman–Crippen MR) is 81.6 cm³/mol. The fourth-order valence-corrected chi connectivity index (χ4v) is 3.09. The summed E-state index contributed by atoms with van der Waals surface area (Å²) in [4.78, 5) is 2.52. The third-order valence-electron chi connectivity index (χ3n) is 4.23. The maximum atomic E-state index is 9.67. The monoisotopic (exact) mass is 267 g/mol. The molecule has 0 spiro atoms. The molecular weight excluding hydrogens is 246 g/mol. The number of phenols is 1. The van der Waals surface area contributed by atoms with Crippen LogP contribution < -0.4 is 0 Å². The molecule has 0 bridgehead atoms. The number of hydrogen-bond donors (Lipinski definition) is 1. The van der Waals surface area contributed by atoms with Crippen LogP contribution in [0.2, 0.25) is 0 Å². The maximum absolute atomic E-state index is 9.67. The lowest BCUT2D eigenvalue weighted by atomic mass is 9.92. The lowest BCUT2D eigenvalue weighted by Gasteiger charge is -2.36. The molecule has 3 rings (SSSR count). The topological polar surface area (TPSA) is 23.5 Å². The largest absolute Gasteiger partial charge is 0.508 e. The Bertz CT molecular complexity index is 579. The number of rotatable bonds is 3. The third kappa shape index (κ3) is 2.70. The van der Waals surface area contributed by atoms with Gasteiger partial charge in [-0.3, -0.25) is 4.90 Å². The van der Waals surface area contributed by atoms with Crippen molar-refractivity contribution in [3.8, 4) is 5.75 Å². The standard InChI is InChI=1S/C18H21NO/c1-2-17-10-15-8-9-18(20)11-16(15)13-19(17)12-14-6-4-3-5-7-14/h3-9,11,17,20H,2,10,12-13H2,1H3/t17-/m0/s1. The highest BCUT2D eigenvalue weighted by Crippen LogP contribution is 2.28. The molecule has 20 heavy (non-hydrogen) atoms. The van der Waals surface area contributed by atoms with Crippen LogP contribution in [0.5, 0.6) is 5.75 Å². The van der Waals surface area contributed by atoms with E-state index in [4.69, 9.17) is 0 Å². The minimum Gasteiger partial charge on any atom is -0.508 e. The van der Waals surface area contributed by atoms with Gasteiger partial charge < -0.3 is 5.11 Å². The zero-order valence-corrected chi connectivity index (χ0v) is 11.9. The SMILES string of the molecule is CC[C@H]1Cc2ccc(O)cc2CN1Cc1ccccc1. The quantitative estimate of drug-likeness (QED) is 0.916. The van der Waals surface area contributed by atoms with Gasteiger partial charge in [0, 0.05) is 19.1 Å². The second-order valence-electron chi connectivity index (χ2n) is 5.61. The van der Waals surface area contributed by atoms with Crippen molar-refractivity contribution >= 4 is 0 Å². The van der Waals surface area contributed by atoms with Gasteiger partial charge >= 0.3 is 0 Å². The summed E-state index contributed by atoms with van der Waals surface area (Å²) < 4.78 is 0. The van der Waals surface area contributed by atoms with E-state index in [-0.39, 0.29) is 0 Å². The molecule has 2 heteroatoms. The van der Waals surface area contributed by atoms with Gasteiger partial charge in [0.15, 0.2) is 0 Å². The van der Waals surface area contributed by atoms with E-state index in [0.717, 1.165) is 25.9 Å². The Hall–Kier alpha value is -1.80. The molecule has 0 radical (unpaired) electrons. The molecule has 1 aliphatic heterocycles. The van der Waals surface area contributed by atoms with Gasteiger partial charge in [-0.2, -0.15) is 0 Å². The number of benzene rings is 2. The Morgan fingerprint density at radius 1 is 1.10 bits per heavy atom. The number of fused-ring (bicyclic) bond motifs is 1. The first kappa shape index (κ1) is 13.2. The number of nitrogens with zero attached hydrogens (tertiary/aromatic N) is 1. The fourth-order valence-electron chi connectivity index (χ4n) is 3.09. The Morgan fingerprint density at radius 3 is 2.65 bits per heavy atom. The van der Waals surface area contributed by atoms with Crippen LogP contribution in [0.15, 0.2) is 48.5 Å². The van der Waals surface area contributed by atoms with Crippen LogP contribution in [0.1, 0.15) is 30.0 Å². The van der Waals surface area contributed by atoms with Crippen molar-refractivity contribution in [2.75, 3.05) is 0 Å². The summed E-state index contributed by atoms with van der Waals surface area (Å²) in [5.74, 6) is 0.373. The molecule has 0 amide bonds. The molecule has 0 aliphatic carbocycles. The van der Waals surface area contributed by atoms with Crippen LogP contribution in [-0.2, 0) is 19.5 Å². The van der Waals surface area contributed by atoms with Crippen molar-refractivity contribution < 1.29 is 5.11 Å². The molecule has 0 fully saturated rings. The van der Waals surface area contributed by atoms with Gasteiger partial charge in [0.1, 0.15) is 5.75 Å². The summed E-state index contributed by atoms with van der Waals surface area (Å²) in [6, 6.07) is 17.0. The second-order valence-corrected chi connectivity index (χ2v) is 5.61. The van der Waals surface area contributed by atoms with Gasteiger partial charge in [-0.25, -0.2) is 0 Å². The molecule has 1 atom stereocenters. The summed E-state index contributed by atoms with van der Waals surface area (Å²) in [7, 11) is 0. The van der Waals surface area contributed by atoms with Crippen LogP contribution in [0.4, 0.5) is 0 Å². The average Bonchev–Trinajstić information content (AvgIpc) is 2.47. The Kier molecular flexibility index (Phi) is 3.75. The van der Waals surface area contributed by atoms with E-state index in [0.29, 0.717) is 11.8 Å². The maximum Gasteiger partial charge on any atom is 0.115 e. The molecule has 104 valence electrons. The first-order valence-electron chi connectivity index (χ1n) is 7.35. The van der Waals surface area contributed by atoms with Crippen LogP contribution in [0.3, 0.4) is 0 Å². The first-order chi connectivity index (χ1) is 9.76. The summed E-state index contributed by atoms with van der Waals surface area (Å²) >= 11 is 0. The Balaban J connectivity index is 1.83. The average molecular weight is 267 g/mol. The number of phenolic OH excluding ortho intramolecular Hbond substituents is 1. The van der Waals surface area contributed by atoms with Crippen molar-refractivity contribution in [2.45, 2.75) is 38.9 Å². The van der Waals surface area contributed by atoms with Crippen LogP contribution in [-0.4, -0.2) is 16.0 Å². The van der Waals surface area contributed by atoms with E-state index in [9.17, 15) is 5.11 Å². The lowest BCUT2D eigenvalue weighted by Crippen LogP contribution is -2.39. The van der Waals surface area contributed by atoms with Crippen molar-refractivity contribution in [1.82, 2.24) is 4.90 Å². The second kappa shape index (κ2) is 5.68. The minimum absolute atomic E-state index is 0.373. The smallest absolute Gasteiger partial charge is 0.115 e. The Morgan fingerprint density at radius 2 is 1.90 bits per heavy atom. The molecule has 0 saturated carbocycles. The van der Waals surface area contributed by atoms with E-state index < -0.39 is 0 Å². The normalized spacial score (nSPS) is 18.8. The van der Waals surface area contributed by atoms with Crippen LogP contribution in [0.25, 0.3) is 0 Å². The highest BCUT2D eigenvalue weighted by atomic mass is 16.3. The molecule has 0 saturated heterocycles. The molecule has 1 N–H and O–H groups in total. The van der Waals surface area contributed by atoms with Gasteiger partial charge in [0.2, 0.25) is 0 Å². The summed E-state index contributed by atoms with van der Waals surface area (Å²) in [5.41, 5.74) is 4.01. The molecular formula is C18H21NO. The van der Waals surface area contributed by atoms with E-state index in [2.05, 4.69) is 48.2 Å². The molecule has 1 aliphatic rings. The van der Waals surface area contributed by atoms with E-state index in [1.165, 1.54) is 16.7 Å². The van der Waals surface area contributed by atoms with E-state index in [1.54, 1.807) is 6.07 Å². The van der Waals surface area contributed by atoms with Gasteiger partial charge in [-0.05, 0) is 41.7 Å². The minimum atomic E-state index is 0.373. The van der Waals surface area contributed by atoms with Crippen molar-refractivity contribution in [3.63, 3.8) is 0 Å². The lowest BCUT2D eigenvalue weighted by molar-refractivity contribution is 0.157. The van der Waals surface area contributed by atoms with E-state index in [1.807, 2.05) is 6.07 Å². The first-order valence-corrected chi connectivity index (χ1v) is 7.35. The summed E-state index contributed by atoms with van der Waals surface area (Å²) in [6.45, 7) is 4.17. The van der Waals surface area contributed by atoms with Gasteiger partial charge in [-0.15, -0.1) is 0 Å². The number of hydrogen-bond acceptors (Lipinski definition) is 2. The van der Waals surface area contributed by atoms with Gasteiger partial charge in [0.25, 0.3) is 0 Å². The van der Waals surface area contributed by atoms with Crippen LogP contribution >= 0.6 is 0 Å². The summed E-state index contributed by atoms with van der Waals surface area (Å²) in [6.07, 6.45) is 2.24. The predicted octanol–water partition coefficient (Wildman–Crippen LogP) is 3.73. The van der Waals surface area contributed by atoms with Gasteiger partial charge in [0.05, 0.1) is 0 Å². The molecule has 2 nitrogen and oxygen atoms in total. The summed E-state index contributed by atoms with van der Waals surface area (Å²) in [5, 5.41) is 9.67. The van der Waals surface area contributed by atoms with Crippen molar-refractivity contribution in [2.24, 2.45) is 0 Å².